The summed E-state index contributed by atoms with van der Waals surface area (Å²) in [6.45, 7) is 13.8. The summed E-state index contributed by atoms with van der Waals surface area (Å²) in [5, 5.41) is 26.3. The lowest BCUT2D eigenvalue weighted by atomic mass is 9.77. The minimum absolute atomic E-state index is 0.0499. The van der Waals surface area contributed by atoms with Crippen LogP contribution in [0.3, 0.4) is 0 Å². The highest BCUT2D eigenvalue weighted by atomic mass is 16.6. The number of piperidine rings is 1. The van der Waals surface area contributed by atoms with E-state index in [0.29, 0.717) is 142 Å². The molecule has 22 heteroatoms. The van der Waals surface area contributed by atoms with E-state index in [1.807, 2.05) is 0 Å². The molecule has 0 aromatic heterocycles. The summed E-state index contributed by atoms with van der Waals surface area (Å²) in [5.41, 5.74) is 3.61. The maximum atomic E-state index is 13.3. The molecular formula is C48H84N10O12. The minimum Gasteiger partial charge on any atom is -0.378 e. The highest BCUT2D eigenvalue weighted by Crippen LogP contribution is 2.40. The van der Waals surface area contributed by atoms with Gasteiger partial charge < -0.3 is 49.1 Å². The van der Waals surface area contributed by atoms with E-state index < -0.39 is 23.8 Å². The number of rotatable bonds is 32. The molecule has 0 radical (unpaired) electrons. The van der Waals surface area contributed by atoms with Crippen molar-refractivity contribution in [1.29, 1.82) is 0 Å². The summed E-state index contributed by atoms with van der Waals surface area (Å²) < 4.78 is 39.2. The van der Waals surface area contributed by atoms with Gasteiger partial charge in [-0.05, 0) is 64.3 Å². The molecule has 2 saturated carbocycles. The normalized spacial score (nSPS) is 31.6. The lowest BCUT2D eigenvalue weighted by molar-refractivity contribution is -0.151. The Hall–Kier alpha value is -2.81. The third kappa shape index (κ3) is 16.3. The predicted molar refractivity (Wildman–Crippen MR) is 255 cm³/mol. The highest BCUT2D eigenvalue weighted by Gasteiger charge is 2.55. The van der Waals surface area contributed by atoms with E-state index in [1.165, 1.54) is 6.42 Å². The van der Waals surface area contributed by atoms with Crippen molar-refractivity contribution >= 4 is 29.5 Å². The molecule has 0 spiro atoms. The molecule has 5 amide bonds. The number of amides is 5. The van der Waals surface area contributed by atoms with E-state index in [-0.39, 0.29) is 54.7 Å². The van der Waals surface area contributed by atoms with Crippen LogP contribution in [-0.2, 0) is 57.1 Å². The van der Waals surface area contributed by atoms with Gasteiger partial charge in [-0.1, -0.05) is 13.3 Å². The van der Waals surface area contributed by atoms with Crippen molar-refractivity contribution < 1.29 is 57.1 Å². The fourth-order valence-corrected chi connectivity index (χ4v) is 11.4. The number of carbonyl (C=O) groups excluding carboxylic acids is 5. The Bertz CT molecular complexity index is 1630. The largest absolute Gasteiger partial charge is 0.378 e. The van der Waals surface area contributed by atoms with E-state index in [1.54, 1.807) is 0 Å². The first-order chi connectivity index (χ1) is 34.3. The van der Waals surface area contributed by atoms with Crippen LogP contribution in [0.1, 0.15) is 77.6 Å². The second kappa shape index (κ2) is 29.8. The van der Waals surface area contributed by atoms with Crippen LogP contribution in [0.5, 0.6) is 0 Å². The Morgan fingerprint density at radius 3 is 1.96 bits per heavy atom. The molecular weight excluding hydrogens is 909 g/mol. The molecule has 2 aliphatic carbocycles. The van der Waals surface area contributed by atoms with Crippen LogP contribution in [0.2, 0.25) is 0 Å². The number of ether oxygens (including phenoxy) is 7. The number of nitrogens with one attached hydrogen (secondary N) is 8. The van der Waals surface area contributed by atoms with Crippen molar-refractivity contribution in [3.63, 3.8) is 0 Å². The molecule has 22 nitrogen and oxygen atoms in total. The minimum atomic E-state index is -0.912. The number of likely N-dealkylation sites (tertiary alicyclic amines) is 1. The van der Waals surface area contributed by atoms with Gasteiger partial charge in [-0.3, -0.25) is 55.6 Å². The fraction of sp³-hybridized carbons (Fsp3) is 0.896. The quantitative estimate of drug-likeness (QED) is 0.0283. The zero-order valence-electron chi connectivity index (χ0n) is 41.6. The van der Waals surface area contributed by atoms with Gasteiger partial charge in [0.05, 0.1) is 110 Å². The van der Waals surface area contributed by atoms with E-state index in [4.69, 9.17) is 33.2 Å². The van der Waals surface area contributed by atoms with Crippen LogP contribution in [0.4, 0.5) is 0 Å². The standard InChI is InChI=1S/C48H84N10O12/c1-2-16-57-32-34(31-52-57)42-37-12-13-50-43(37)56-48(55-42)53-35-8-6-33(7-9-35)44(60)51-15-18-65-20-22-67-24-26-69-28-30-70-29-27-68-25-23-66-21-19-64-17-14-49-38-5-3-4-36-41(38)47(63)58(46(36)62)39-10-11-40(59)54-45(39)61/h33-39,41-43,48-50,52-53,55-56H,2-32H2,1H3,(H,51,60)(H,54,59,61). The van der Waals surface area contributed by atoms with Crippen molar-refractivity contribution in [2.24, 2.45) is 29.6 Å². The van der Waals surface area contributed by atoms with Gasteiger partial charge >= 0.3 is 0 Å². The van der Waals surface area contributed by atoms with Gasteiger partial charge in [0.1, 0.15) is 12.3 Å². The van der Waals surface area contributed by atoms with Crippen LogP contribution in [-0.4, -0.2) is 208 Å². The molecule has 9 unspecified atom stereocenters. The van der Waals surface area contributed by atoms with Gasteiger partial charge in [-0.15, -0.1) is 0 Å². The third-order valence-electron chi connectivity index (χ3n) is 14.9. The monoisotopic (exact) mass is 993 g/mol. The van der Waals surface area contributed by atoms with E-state index in [0.717, 1.165) is 76.0 Å². The van der Waals surface area contributed by atoms with E-state index >= 15 is 0 Å². The molecule has 398 valence electrons. The Morgan fingerprint density at radius 1 is 0.700 bits per heavy atom. The van der Waals surface area contributed by atoms with Crippen molar-refractivity contribution in [1.82, 2.24) is 52.6 Å². The van der Waals surface area contributed by atoms with Crippen molar-refractivity contribution in [2.45, 2.75) is 114 Å². The van der Waals surface area contributed by atoms with Crippen LogP contribution < -0.4 is 42.6 Å². The summed E-state index contributed by atoms with van der Waals surface area (Å²) in [5.74, 6) is -1.15. The molecule has 8 N–H and O–H groups in total. The van der Waals surface area contributed by atoms with Crippen LogP contribution in [0.25, 0.3) is 0 Å². The summed E-state index contributed by atoms with van der Waals surface area (Å²) in [7, 11) is 0. The highest BCUT2D eigenvalue weighted by molar-refractivity contribution is 6.11. The van der Waals surface area contributed by atoms with Gasteiger partial charge in [0.15, 0.2) is 0 Å². The van der Waals surface area contributed by atoms with Crippen LogP contribution in [0, 0.1) is 29.6 Å². The summed E-state index contributed by atoms with van der Waals surface area (Å²) in [6.07, 6.45) is 8.98. The van der Waals surface area contributed by atoms with Crippen LogP contribution >= 0.6 is 0 Å². The van der Waals surface area contributed by atoms with Crippen molar-refractivity contribution in [3.8, 4) is 0 Å². The average molecular weight is 993 g/mol. The Morgan fingerprint density at radius 2 is 1.33 bits per heavy atom. The first kappa shape index (κ1) is 55.0. The van der Waals surface area contributed by atoms with Crippen LogP contribution in [0.15, 0.2) is 0 Å². The number of hydrogen-bond donors (Lipinski definition) is 8. The maximum absolute atomic E-state index is 13.3. The van der Waals surface area contributed by atoms with Gasteiger partial charge in [-0.25, -0.2) is 5.01 Å². The Balaban J connectivity index is 0.587. The number of hydrazine groups is 1. The fourth-order valence-electron chi connectivity index (χ4n) is 11.4. The number of nitrogens with zero attached hydrogens (tertiary/aromatic N) is 2. The SMILES string of the molecule is CCCN1CC(C2NC(NC3CCC(C(=O)NCCOCCOCCOCCOCCOCCOCCOCCNC4CCCC5C(=O)N(C6CCC(=O)NC6=O)C(=O)C45)CC3)NC3NCCC32)CN1. The Labute approximate surface area is 413 Å². The van der Waals surface area contributed by atoms with Gasteiger partial charge in [-0.2, -0.15) is 0 Å². The molecule has 5 heterocycles. The molecule has 0 aromatic rings. The average Bonchev–Trinajstić information content (AvgIpc) is 4.10. The summed E-state index contributed by atoms with van der Waals surface area (Å²) in [4.78, 5) is 64.5. The molecule has 70 heavy (non-hydrogen) atoms. The lowest BCUT2D eigenvalue weighted by Gasteiger charge is -2.45. The second-order valence-electron chi connectivity index (χ2n) is 19.7. The van der Waals surface area contributed by atoms with E-state index in [2.05, 4.69) is 54.6 Å². The number of imide groups is 2. The molecule has 0 bridgehead atoms. The zero-order chi connectivity index (χ0) is 48.9. The van der Waals surface area contributed by atoms with Crippen molar-refractivity contribution in [3.05, 3.63) is 0 Å². The molecule has 7 rings (SSSR count). The van der Waals surface area contributed by atoms with Gasteiger partial charge in [0, 0.05) is 75.0 Å². The Kier molecular flexibility index (Phi) is 23.4. The molecule has 9 atom stereocenters. The second-order valence-corrected chi connectivity index (χ2v) is 19.7. The molecule has 7 aliphatic rings. The number of carbonyl (C=O) groups is 5. The van der Waals surface area contributed by atoms with E-state index in [9.17, 15) is 24.0 Å². The number of fused-ring (bicyclic) bond motifs is 2. The molecule has 7 fully saturated rings. The maximum Gasteiger partial charge on any atom is 0.249 e. The topological polar surface area (TPSA) is 253 Å². The number of hydrogen-bond acceptors (Lipinski definition) is 19. The van der Waals surface area contributed by atoms with Crippen molar-refractivity contribution in [2.75, 3.05) is 132 Å². The first-order valence-electron chi connectivity index (χ1n) is 26.6. The molecule has 0 aromatic carbocycles. The predicted octanol–water partition coefficient (Wildman–Crippen LogP) is -1.46. The smallest absolute Gasteiger partial charge is 0.249 e. The summed E-state index contributed by atoms with van der Waals surface area (Å²) in [6, 6.07) is -0.237. The zero-order valence-corrected chi connectivity index (χ0v) is 41.6. The molecule has 5 saturated heterocycles. The lowest BCUT2D eigenvalue weighted by Crippen LogP contribution is -2.71. The summed E-state index contributed by atoms with van der Waals surface area (Å²) >= 11 is 0. The third-order valence-corrected chi connectivity index (χ3v) is 14.9. The van der Waals surface area contributed by atoms with Gasteiger partial charge in [0.25, 0.3) is 0 Å². The molecule has 5 aliphatic heterocycles. The van der Waals surface area contributed by atoms with Gasteiger partial charge in [0.2, 0.25) is 29.5 Å². The first-order valence-corrected chi connectivity index (χ1v) is 26.6.